The molecule has 0 aromatic heterocycles. The molecule has 19 heavy (non-hydrogen) atoms. The second kappa shape index (κ2) is 7.30. The fourth-order valence-corrected chi connectivity index (χ4v) is 22.9. The first-order chi connectivity index (χ1) is 8.96. The van der Waals surface area contributed by atoms with E-state index in [1.807, 2.05) is 0 Å². The summed E-state index contributed by atoms with van der Waals surface area (Å²) in [6.45, 7) is 12.6. The number of hydrogen-bond acceptors (Lipinski definition) is 3. The molecule has 1 aliphatic carbocycles. The average molecular weight is 432 g/mol. The van der Waals surface area contributed by atoms with Crippen molar-refractivity contribution in [2.45, 2.75) is 34.1 Å². The Morgan fingerprint density at radius 1 is 0.947 bits per heavy atom. The third-order valence-electron chi connectivity index (χ3n) is 4.59. The monoisotopic (exact) mass is 433 g/mol. The molecule has 0 heterocycles. The average Bonchev–Trinajstić information content (AvgIpc) is 2.85. The summed E-state index contributed by atoms with van der Waals surface area (Å²) in [4.78, 5) is 0. The van der Waals surface area contributed by atoms with Crippen LogP contribution in [0.25, 0.3) is 0 Å². The van der Waals surface area contributed by atoms with Gasteiger partial charge in [0.2, 0.25) is 0 Å². The fourth-order valence-electron chi connectivity index (χ4n) is 3.24. The van der Waals surface area contributed by atoms with Crippen LogP contribution >= 0.6 is 0 Å². The van der Waals surface area contributed by atoms with Gasteiger partial charge < -0.3 is 0 Å². The number of allylic oxidation sites excluding steroid dienone is 4. The Morgan fingerprint density at radius 3 is 1.63 bits per heavy atom. The van der Waals surface area contributed by atoms with Crippen LogP contribution in [0, 0.1) is 0 Å². The molecule has 1 rings (SSSR count). The molecule has 0 amide bonds. The Labute approximate surface area is 125 Å². The Kier molecular flexibility index (Phi) is 6.64. The van der Waals surface area contributed by atoms with Crippen molar-refractivity contribution in [2.75, 3.05) is 40.8 Å². The van der Waals surface area contributed by atoms with Crippen molar-refractivity contribution in [3.05, 3.63) is 21.1 Å². The van der Waals surface area contributed by atoms with E-state index in [9.17, 15) is 0 Å². The van der Waals surface area contributed by atoms with E-state index in [4.69, 9.17) is 0 Å². The summed E-state index contributed by atoms with van der Waals surface area (Å²) < 4.78 is 9.80. The van der Waals surface area contributed by atoms with Gasteiger partial charge in [0.05, 0.1) is 0 Å². The molecular weight excluding hydrogens is 401 g/mol. The molecule has 0 saturated carbocycles. The normalized spacial score (nSPS) is 16.5. The molecule has 0 bridgehead atoms. The molecule has 1 aliphatic rings. The van der Waals surface area contributed by atoms with Crippen LogP contribution in [-0.2, 0) is 20.8 Å². The van der Waals surface area contributed by atoms with Gasteiger partial charge in [0, 0.05) is 0 Å². The second-order valence-electron chi connectivity index (χ2n) is 5.45. The van der Waals surface area contributed by atoms with Crippen LogP contribution in [0.5, 0.6) is 0 Å². The van der Waals surface area contributed by atoms with Gasteiger partial charge in [-0.3, -0.25) is 0 Å². The zero-order valence-corrected chi connectivity index (χ0v) is 17.4. The van der Waals surface area contributed by atoms with Gasteiger partial charge in [-0.1, -0.05) is 0 Å². The first-order valence-electron chi connectivity index (χ1n) is 7.47. The molecule has 0 atom stereocenters. The van der Waals surface area contributed by atoms with E-state index < -0.39 is 20.8 Å². The summed E-state index contributed by atoms with van der Waals surface area (Å²) >= 11 is -3.01. The van der Waals surface area contributed by atoms with Gasteiger partial charge in [-0.05, 0) is 0 Å². The van der Waals surface area contributed by atoms with Crippen molar-refractivity contribution in [2.24, 2.45) is 0 Å². The first kappa shape index (κ1) is 17.3. The van der Waals surface area contributed by atoms with Crippen molar-refractivity contribution in [1.29, 1.82) is 0 Å². The van der Waals surface area contributed by atoms with E-state index in [1.54, 1.807) is 3.33 Å². The molecule has 0 spiro atoms. The summed E-state index contributed by atoms with van der Waals surface area (Å²) in [5, 5.41) is 0. The molecule has 0 saturated heterocycles. The van der Waals surface area contributed by atoms with Crippen molar-refractivity contribution in [3.8, 4) is 0 Å². The van der Waals surface area contributed by atoms with Crippen molar-refractivity contribution in [3.63, 3.8) is 0 Å². The molecule has 0 radical (unpaired) electrons. The second-order valence-corrected chi connectivity index (χ2v) is 20.4. The van der Waals surface area contributed by atoms with Crippen LogP contribution in [0.4, 0.5) is 0 Å². The van der Waals surface area contributed by atoms with E-state index in [1.165, 1.54) is 5.57 Å². The predicted octanol–water partition coefficient (Wildman–Crippen LogP) is 2.97. The summed E-state index contributed by atoms with van der Waals surface area (Å²) in [6, 6.07) is 0. The topological polar surface area (TPSA) is 9.72 Å². The van der Waals surface area contributed by atoms with Gasteiger partial charge in [-0.15, -0.1) is 0 Å². The van der Waals surface area contributed by atoms with Crippen molar-refractivity contribution >= 4 is 0 Å². The molecule has 0 aliphatic heterocycles. The molecule has 0 aromatic carbocycles. The van der Waals surface area contributed by atoms with E-state index >= 15 is 0 Å². The Hall–Kier alpha value is 0.230. The Bertz CT molecular complexity index is 336. The van der Waals surface area contributed by atoms with Crippen molar-refractivity contribution < 1.29 is 20.8 Å². The minimum absolute atomic E-state index is 1.13. The van der Waals surface area contributed by atoms with Gasteiger partial charge in [0.1, 0.15) is 0 Å². The van der Waals surface area contributed by atoms with Crippen LogP contribution in [-0.4, -0.2) is 49.4 Å². The van der Waals surface area contributed by atoms with E-state index in [-0.39, 0.29) is 0 Å². The number of nitrogens with zero attached hydrogens (tertiary/aromatic N) is 3. The molecule has 3 nitrogen and oxygen atoms in total. The maximum absolute atomic E-state index is 3.01. The molecule has 0 fully saturated rings. The molecule has 110 valence electrons. The summed E-state index contributed by atoms with van der Waals surface area (Å²) in [5.74, 6) is 0. The zero-order valence-electron chi connectivity index (χ0n) is 13.8. The summed E-state index contributed by atoms with van der Waals surface area (Å²) in [7, 11) is 7.00. The van der Waals surface area contributed by atoms with Crippen LogP contribution in [0.1, 0.15) is 34.1 Å². The van der Waals surface area contributed by atoms with Crippen LogP contribution in [0.15, 0.2) is 21.1 Å². The number of rotatable bonds is 7. The molecule has 0 unspecified atom stereocenters. The Balaban J connectivity index is 3.39. The maximum atomic E-state index is 2.69. The van der Waals surface area contributed by atoms with Crippen molar-refractivity contribution in [1.82, 2.24) is 8.66 Å². The standard InChI is InChI=1S/C6H7.3C3H8N.Hf/c1-6-4-2-3-5-6;3*1-3-4-2;/h2,4H,3H2,1H3;3*3H2,1-2H3;/q;3*-1;+3. The SMILES string of the molecule is CC[N](C)[Hf]([C]1=C(C)C=CC1)([N](C)CC)[N](C)CC. The summed E-state index contributed by atoms with van der Waals surface area (Å²) in [5.41, 5.74) is 1.52. The van der Waals surface area contributed by atoms with E-state index in [0.717, 1.165) is 26.1 Å². The third-order valence-corrected chi connectivity index (χ3v) is 24.5. The quantitative estimate of drug-likeness (QED) is 0.574. The zero-order chi connectivity index (χ0) is 14.6. The molecular formula is C15H31HfN3. The minimum atomic E-state index is -3.01. The fraction of sp³-hybridized carbons (Fsp3) is 0.733. The molecule has 0 N–H and O–H groups in total. The van der Waals surface area contributed by atoms with Crippen LogP contribution in [0.2, 0.25) is 0 Å². The van der Waals surface area contributed by atoms with Gasteiger partial charge in [0.15, 0.2) is 0 Å². The first-order valence-corrected chi connectivity index (χ1v) is 14.1. The van der Waals surface area contributed by atoms with E-state index in [0.29, 0.717) is 0 Å². The predicted molar refractivity (Wildman–Crippen MR) is 81.4 cm³/mol. The molecule has 0 aromatic rings. The van der Waals surface area contributed by atoms with Crippen LogP contribution in [0.3, 0.4) is 0 Å². The molecule has 4 heteroatoms. The Morgan fingerprint density at radius 2 is 1.37 bits per heavy atom. The van der Waals surface area contributed by atoms with Crippen LogP contribution < -0.4 is 0 Å². The number of hydrogen-bond donors (Lipinski definition) is 0. The van der Waals surface area contributed by atoms with Gasteiger partial charge in [-0.2, -0.15) is 0 Å². The summed E-state index contributed by atoms with van der Waals surface area (Å²) in [6.07, 6.45) is 5.82. The third kappa shape index (κ3) is 2.97. The van der Waals surface area contributed by atoms with Gasteiger partial charge >= 0.3 is 125 Å². The van der Waals surface area contributed by atoms with E-state index in [2.05, 4.69) is 69.7 Å². The van der Waals surface area contributed by atoms with Gasteiger partial charge in [-0.25, -0.2) is 0 Å². The van der Waals surface area contributed by atoms with Gasteiger partial charge in [0.25, 0.3) is 0 Å².